The van der Waals surface area contributed by atoms with Gasteiger partial charge in [-0.2, -0.15) is 13.2 Å². The van der Waals surface area contributed by atoms with Crippen molar-refractivity contribution in [1.82, 2.24) is 0 Å². The third kappa shape index (κ3) is 2.09. The Bertz CT molecular complexity index is 292. The van der Waals surface area contributed by atoms with Gasteiger partial charge in [-0.1, -0.05) is 0 Å². The second-order valence-electron chi connectivity index (χ2n) is 2.12. The summed E-state index contributed by atoms with van der Waals surface area (Å²) in [6.07, 6.45) is -4.40. The highest BCUT2D eigenvalue weighted by Gasteiger charge is 2.32. The number of halogens is 5. The second-order valence-corrected chi connectivity index (χ2v) is 3.28. The molecule has 12 heavy (non-hydrogen) atoms. The Balaban J connectivity index is 3.19. The molecule has 66 valence electrons. The van der Waals surface area contributed by atoms with Gasteiger partial charge in [0.1, 0.15) is 5.82 Å². The molecule has 0 aromatic heterocycles. The number of benzene rings is 1. The summed E-state index contributed by atoms with van der Waals surface area (Å²) in [4.78, 5) is 0. The summed E-state index contributed by atoms with van der Waals surface area (Å²) in [6, 6.07) is 2.38. The van der Waals surface area contributed by atoms with Crippen LogP contribution in [0, 0.1) is 9.39 Å². The van der Waals surface area contributed by atoms with Crippen LogP contribution in [0.2, 0.25) is 0 Å². The lowest BCUT2D eigenvalue weighted by atomic mass is 10.2. The maximum absolute atomic E-state index is 12.4. The average molecular weight is 290 g/mol. The molecule has 0 aliphatic heterocycles. The molecule has 0 saturated heterocycles. The largest absolute Gasteiger partial charge is 0.417 e. The Hall–Kier alpha value is -0.330. The van der Waals surface area contributed by atoms with E-state index < -0.39 is 17.6 Å². The van der Waals surface area contributed by atoms with Gasteiger partial charge in [-0.3, -0.25) is 0 Å². The van der Waals surface area contributed by atoms with Gasteiger partial charge < -0.3 is 0 Å². The number of rotatable bonds is 0. The molecule has 0 amide bonds. The molecule has 0 spiro atoms. The summed E-state index contributed by atoms with van der Waals surface area (Å²) in [5, 5.41) is 0. The zero-order valence-corrected chi connectivity index (χ0v) is 7.78. The molecule has 0 fully saturated rings. The maximum atomic E-state index is 12.4. The lowest BCUT2D eigenvalue weighted by Crippen LogP contribution is -2.07. The first kappa shape index (κ1) is 9.76. The highest BCUT2D eigenvalue weighted by Crippen LogP contribution is 2.32. The smallest absolute Gasteiger partial charge is 0.207 e. The van der Waals surface area contributed by atoms with Gasteiger partial charge in [0.15, 0.2) is 0 Å². The van der Waals surface area contributed by atoms with E-state index in [2.05, 4.69) is 0 Å². The Morgan fingerprint density at radius 2 is 1.75 bits per heavy atom. The standard InChI is InChI=1S/C7H3F4I/c8-4-1-2-5(6(12)3-4)7(9,10)11/h1-3H. The van der Waals surface area contributed by atoms with Crippen molar-refractivity contribution in [2.24, 2.45) is 0 Å². The zero-order chi connectivity index (χ0) is 9.35. The molecular formula is C7H3F4I. The van der Waals surface area contributed by atoms with Gasteiger partial charge in [0.25, 0.3) is 0 Å². The van der Waals surface area contributed by atoms with Crippen molar-refractivity contribution >= 4 is 22.6 Å². The fourth-order valence-electron chi connectivity index (χ4n) is 0.719. The minimum absolute atomic E-state index is 0.125. The van der Waals surface area contributed by atoms with Crippen LogP contribution in [-0.2, 0) is 6.18 Å². The van der Waals surface area contributed by atoms with Crippen molar-refractivity contribution in [1.29, 1.82) is 0 Å². The van der Waals surface area contributed by atoms with Crippen LogP contribution in [0.1, 0.15) is 5.56 Å². The normalized spacial score (nSPS) is 11.8. The van der Waals surface area contributed by atoms with E-state index in [-0.39, 0.29) is 3.57 Å². The highest BCUT2D eigenvalue weighted by atomic mass is 127. The van der Waals surface area contributed by atoms with Crippen LogP contribution in [0.25, 0.3) is 0 Å². The molecule has 0 N–H and O–H groups in total. The van der Waals surface area contributed by atoms with Gasteiger partial charge in [-0.05, 0) is 40.8 Å². The van der Waals surface area contributed by atoms with E-state index in [9.17, 15) is 17.6 Å². The van der Waals surface area contributed by atoms with Crippen LogP contribution in [0.5, 0.6) is 0 Å². The first-order valence-corrected chi connectivity index (χ1v) is 4.01. The number of hydrogen-bond donors (Lipinski definition) is 0. The lowest BCUT2D eigenvalue weighted by Gasteiger charge is -2.07. The van der Waals surface area contributed by atoms with Crippen LogP contribution in [-0.4, -0.2) is 0 Å². The molecule has 5 heteroatoms. The molecule has 0 unspecified atom stereocenters. The topological polar surface area (TPSA) is 0 Å². The minimum atomic E-state index is -4.40. The van der Waals surface area contributed by atoms with Crippen LogP contribution in [0.4, 0.5) is 17.6 Å². The van der Waals surface area contributed by atoms with Crippen LogP contribution >= 0.6 is 22.6 Å². The van der Waals surface area contributed by atoms with Crippen LogP contribution in [0.3, 0.4) is 0 Å². The first-order valence-electron chi connectivity index (χ1n) is 2.93. The molecule has 0 saturated carbocycles. The summed E-state index contributed by atoms with van der Waals surface area (Å²) in [7, 11) is 0. The predicted molar refractivity (Wildman–Crippen MR) is 44.1 cm³/mol. The van der Waals surface area contributed by atoms with Crippen molar-refractivity contribution in [2.45, 2.75) is 6.18 Å². The number of hydrogen-bond acceptors (Lipinski definition) is 0. The molecule has 0 radical (unpaired) electrons. The molecule has 0 heterocycles. The summed E-state index contributed by atoms with van der Waals surface area (Å²) >= 11 is 1.45. The maximum Gasteiger partial charge on any atom is 0.417 e. The zero-order valence-electron chi connectivity index (χ0n) is 5.62. The summed E-state index contributed by atoms with van der Waals surface area (Å²) < 4.78 is 48.4. The summed E-state index contributed by atoms with van der Waals surface area (Å²) in [5.41, 5.74) is -0.801. The van der Waals surface area contributed by atoms with Crippen molar-refractivity contribution < 1.29 is 17.6 Å². The van der Waals surface area contributed by atoms with E-state index in [1.165, 1.54) is 22.6 Å². The van der Waals surface area contributed by atoms with E-state index >= 15 is 0 Å². The van der Waals surface area contributed by atoms with Gasteiger partial charge in [0, 0.05) is 3.57 Å². The Morgan fingerprint density at radius 1 is 1.17 bits per heavy atom. The molecular weight excluding hydrogens is 287 g/mol. The lowest BCUT2D eigenvalue weighted by molar-refractivity contribution is -0.138. The van der Waals surface area contributed by atoms with Gasteiger partial charge in [0.2, 0.25) is 0 Å². The SMILES string of the molecule is Fc1ccc(C(F)(F)F)c(I)c1. The van der Waals surface area contributed by atoms with Gasteiger partial charge in [0.05, 0.1) is 5.56 Å². The van der Waals surface area contributed by atoms with Crippen molar-refractivity contribution in [3.05, 3.63) is 33.1 Å². The third-order valence-electron chi connectivity index (χ3n) is 1.24. The average Bonchev–Trinajstić information content (AvgIpc) is 1.83. The fourth-order valence-corrected chi connectivity index (χ4v) is 1.50. The fraction of sp³-hybridized carbons (Fsp3) is 0.143. The van der Waals surface area contributed by atoms with Gasteiger partial charge >= 0.3 is 6.18 Å². The van der Waals surface area contributed by atoms with Crippen LogP contribution < -0.4 is 0 Å². The first-order chi connectivity index (χ1) is 5.41. The minimum Gasteiger partial charge on any atom is -0.207 e. The van der Waals surface area contributed by atoms with E-state index in [4.69, 9.17) is 0 Å². The monoisotopic (exact) mass is 290 g/mol. The summed E-state index contributed by atoms with van der Waals surface area (Å²) in [5.74, 6) is -0.660. The highest BCUT2D eigenvalue weighted by molar-refractivity contribution is 14.1. The van der Waals surface area contributed by atoms with Crippen LogP contribution in [0.15, 0.2) is 18.2 Å². The molecule has 1 rings (SSSR count). The summed E-state index contributed by atoms with van der Waals surface area (Å²) in [6.45, 7) is 0. The van der Waals surface area contributed by atoms with Crippen molar-refractivity contribution in [3.8, 4) is 0 Å². The Labute approximate surface area is 79.7 Å². The van der Waals surface area contributed by atoms with Gasteiger partial charge in [-0.25, -0.2) is 4.39 Å². The predicted octanol–water partition coefficient (Wildman–Crippen LogP) is 3.45. The Morgan fingerprint density at radius 3 is 2.17 bits per heavy atom. The molecule has 0 nitrogen and oxygen atoms in total. The third-order valence-corrected chi connectivity index (χ3v) is 2.13. The van der Waals surface area contributed by atoms with E-state index in [0.29, 0.717) is 0 Å². The molecule has 0 bridgehead atoms. The Kier molecular flexibility index (Phi) is 2.60. The van der Waals surface area contributed by atoms with Crippen molar-refractivity contribution in [3.63, 3.8) is 0 Å². The second kappa shape index (κ2) is 3.20. The van der Waals surface area contributed by atoms with E-state index in [1.807, 2.05) is 0 Å². The number of alkyl halides is 3. The molecule has 0 aliphatic rings. The molecule has 0 atom stereocenters. The van der Waals surface area contributed by atoms with E-state index in [0.717, 1.165) is 18.2 Å². The van der Waals surface area contributed by atoms with Gasteiger partial charge in [-0.15, -0.1) is 0 Å². The quantitative estimate of drug-likeness (QED) is 0.507. The molecule has 0 aliphatic carbocycles. The molecule has 1 aromatic carbocycles. The van der Waals surface area contributed by atoms with E-state index in [1.54, 1.807) is 0 Å². The van der Waals surface area contributed by atoms with Crippen molar-refractivity contribution in [2.75, 3.05) is 0 Å². The molecule has 1 aromatic rings.